The summed E-state index contributed by atoms with van der Waals surface area (Å²) >= 11 is 0. The number of anilines is 2. The molecule has 2 aromatic rings. The molecule has 1 saturated carbocycles. The maximum absolute atomic E-state index is 12.1. The second-order valence-corrected chi connectivity index (χ2v) is 14.3. The van der Waals surface area contributed by atoms with Gasteiger partial charge in [-0.2, -0.15) is 0 Å². The molecule has 0 radical (unpaired) electrons. The number of amides is 1. The summed E-state index contributed by atoms with van der Waals surface area (Å²) in [6, 6.07) is 5.49. The molecule has 3 aliphatic heterocycles. The van der Waals surface area contributed by atoms with Crippen LogP contribution >= 0.6 is 0 Å². The van der Waals surface area contributed by atoms with Crippen LogP contribution in [0.5, 0.6) is 0 Å². The van der Waals surface area contributed by atoms with Gasteiger partial charge in [0.15, 0.2) is 11.6 Å². The van der Waals surface area contributed by atoms with Gasteiger partial charge in [-0.15, -0.1) is 0 Å². The van der Waals surface area contributed by atoms with Gasteiger partial charge in [0, 0.05) is 55.4 Å². The zero-order chi connectivity index (χ0) is 33.7. The van der Waals surface area contributed by atoms with Crippen molar-refractivity contribution in [3.63, 3.8) is 0 Å². The molecule has 1 amide bonds. The van der Waals surface area contributed by atoms with Crippen molar-refractivity contribution in [2.45, 2.75) is 116 Å². The summed E-state index contributed by atoms with van der Waals surface area (Å²) < 4.78 is 22.1. The summed E-state index contributed by atoms with van der Waals surface area (Å²) in [5.41, 5.74) is 1.17. The molecule has 2 unspecified atom stereocenters. The third-order valence-corrected chi connectivity index (χ3v) is 9.18. The second-order valence-electron chi connectivity index (χ2n) is 14.3. The highest BCUT2D eigenvalue weighted by atomic mass is 16.6. The number of fused-ring (bicyclic) bond motifs is 2. The minimum absolute atomic E-state index is 0.0953. The topological polar surface area (TPSA) is 130 Å². The van der Waals surface area contributed by atoms with Crippen molar-refractivity contribution in [1.29, 1.82) is 0 Å². The van der Waals surface area contributed by atoms with Crippen LogP contribution in [0, 0.1) is 5.92 Å². The Bertz CT molecular complexity index is 1450. The Balaban J connectivity index is 0.000000189. The van der Waals surface area contributed by atoms with Crippen LogP contribution in [0.25, 0.3) is 0 Å². The molecule has 2 saturated heterocycles. The molecular formula is C35H51N5O7. The number of carbonyl (C=O) groups excluding carboxylic acids is 2. The van der Waals surface area contributed by atoms with Crippen molar-refractivity contribution in [2.24, 2.45) is 5.92 Å². The fraction of sp³-hybridized carbons (Fsp3) is 0.657. The lowest BCUT2D eigenvalue weighted by atomic mass is 9.93. The van der Waals surface area contributed by atoms with Gasteiger partial charge in [-0.05, 0) is 58.4 Å². The summed E-state index contributed by atoms with van der Waals surface area (Å²) in [6.45, 7) is 12.0. The molecule has 5 heterocycles. The number of aromatic nitrogens is 2. The number of pyridine rings is 1. The lowest BCUT2D eigenvalue weighted by Crippen LogP contribution is -2.41. The predicted molar refractivity (Wildman–Crippen MR) is 178 cm³/mol. The zero-order valence-corrected chi connectivity index (χ0v) is 28.7. The lowest BCUT2D eigenvalue weighted by Gasteiger charge is -2.34. The summed E-state index contributed by atoms with van der Waals surface area (Å²) in [5, 5.41) is 4.20. The Hall–Kier alpha value is -3.80. The third kappa shape index (κ3) is 8.77. The van der Waals surface area contributed by atoms with Gasteiger partial charge in [0.1, 0.15) is 11.5 Å². The number of rotatable bonds is 7. The minimum Gasteiger partial charge on any atom is -0.468 e. The predicted octanol–water partition coefficient (Wildman–Crippen LogP) is 5.95. The van der Waals surface area contributed by atoms with E-state index in [1.165, 1.54) is 39.2 Å². The van der Waals surface area contributed by atoms with Crippen LogP contribution in [-0.4, -0.2) is 77.7 Å². The lowest BCUT2D eigenvalue weighted by molar-refractivity contribution is -0.144. The summed E-state index contributed by atoms with van der Waals surface area (Å²) in [6.07, 6.45) is 13.3. The molecule has 4 aliphatic rings. The summed E-state index contributed by atoms with van der Waals surface area (Å²) in [4.78, 5) is 44.1. The van der Waals surface area contributed by atoms with E-state index in [0.717, 1.165) is 49.6 Å². The number of methoxy groups -OCH3 is 1. The van der Waals surface area contributed by atoms with E-state index in [2.05, 4.69) is 15.0 Å². The van der Waals surface area contributed by atoms with E-state index in [9.17, 15) is 14.4 Å². The number of likely N-dealkylation sites (tertiary alicyclic amines) is 1. The molecule has 0 aromatic carbocycles. The van der Waals surface area contributed by atoms with Gasteiger partial charge in [0.25, 0.3) is 0 Å². The van der Waals surface area contributed by atoms with Crippen LogP contribution in [0.4, 0.5) is 16.3 Å². The number of hydrogen-bond acceptors (Lipinski definition) is 10. The highest BCUT2D eigenvalue weighted by molar-refractivity contribution is 5.77. The van der Waals surface area contributed by atoms with Crippen LogP contribution < -0.4 is 15.4 Å². The van der Waals surface area contributed by atoms with Crippen LogP contribution in [0.2, 0.25) is 0 Å². The van der Waals surface area contributed by atoms with Crippen molar-refractivity contribution in [3.05, 3.63) is 52.4 Å². The van der Waals surface area contributed by atoms with Crippen molar-refractivity contribution >= 4 is 23.6 Å². The molecule has 0 spiro atoms. The van der Waals surface area contributed by atoms with Gasteiger partial charge < -0.3 is 33.5 Å². The van der Waals surface area contributed by atoms with Crippen LogP contribution in [0.3, 0.4) is 0 Å². The van der Waals surface area contributed by atoms with Crippen molar-refractivity contribution < 1.29 is 28.3 Å². The minimum atomic E-state index is -0.494. The second kappa shape index (κ2) is 15.0. The Kier molecular flexibility index (Phi) is 11.0. The Morgan fingerprint density at radius 2 is 1.74 bits per heavy atom. The monoisotopic (exact) mass is 653 g/mol. The Morgan fingerprint density at radius 3 is 2.34 bits per heavy atom. The number of carbonyl (C=O) groups is 2. The van der Waals surface area contributed by atoms with Crippen LogP contribution in [0.15, 0.2) is 45.6 Å². The highest BCUT2D eigenvalue weighted by Gasteiger charge is 2.41. The first-order valence-electron chi connectivity index (χ1n) is 17.0. The zero-order valence-electron chi connectivity index (χ0n) is 28.7. The fourth-order valence-corrected chi connectivity index (χ4v) is 6.82. The molecule has 12 nitrogen and oxygen atoms in total. The van der Waals surface area contributed by atoms with Crippen molar-refractivity contribution in [2.75, 3.05) is 36.5 Å². The first-order valence-corrected chi connectivity index (χ1v) is 17.0. The third-order valence-electron chi connectivity index (χ3n) is 9.18. The number of hydrogen-bond donors (Lipinski definition) is 1. The number of esters is 1. The van der Waals surface area contributed by atoms with Gasteiger partial charge in [-0.25, -0.2) is 4.79 Å². The molecule has 6 rings (SSSR count). The number of nitrogens with zero attached hydrogens (tertiary/aromatic N) is 4. The molecule has 2 aromatic heterocycles. The van der Waals surface area contributed by atoms with E-state index in [0.29, 0.717) is 24.5 Å². The van der Waals surface area contributed by atoms with Gasteiger partial charge in [0.2, 0.25) is 5.56 Å². The van der Waals surface area contributed by atoms with Crippen molar-refractivity contribution in [1.82, 2.24) is 15.0 Å². The molecule has 2 bridgehead atoms. The van der Waals surface area contributed by atoms with E-state index >= 15 is 0 Å². The molecule has 2 atom stereocenters. The number of ether oxygens (including phenoxy) is 3. The van der Waals surface area contributed by atoms with Gasteiger partial charge in [0.05, 0.1) is 31.9 Å². The summed E-state index contributed by atoms with van der Waals surface area (Å²) in [5.74, 6) is 0.807. The van der Waals surface area contributed by atoms with Crippen LogP contribution in [-0.2, 0) is 19.0 Å². The molecular weight excluding hydrogens is 602 g/mol. The molecule has 12 heteroatoms. The first-order chi connectivity index (χ1) is 22.4. The SMILES string of the molecule is CC(C)(C)OC(=O)N1CC2CC1=CN2c1cc[nH]c(=O)c1.COC(=O)C(c1cc(N2CCC(OC3CCCCC3)CC2)no1)C(C)C. The smallest absolute Gasteiger partial charge is 0.414 e. The Labute approximate surface area is 277 Å². The molecule has 47 heavy (non-hydrogen) atoms. The van der Waals surface area contributed by atoms with E-state index < -0.39 is 11.5 Å². The van der Waals surface area contributed by atoms with E-state index in [4.69, 9.17) is 18.7 Å². The average molecular weight is 654 g/mol. The number of H-pyrrole nitrogens is 1. The molecule has 3 fully saturated rings. The maximum Gasteiger partial charge on any atom is 0.414 e. The number of aromatic amines is 1. The van der Waals surface area contributed by atoms with E-state index in [1.807, 2.05) is 57.9 Å². The molecule has 258 valence electrons. The number of piperidine rings is 1. The average Bonchev–Trinajstić information content (AvgIpc) is 3.79. The van der Waals surface area contributed by atoms with Gasteiger partial charge in [-0.3, -0.25) is 14.5 Å². The van der Waals surface area contributed by atoms with Crippen LogP contribution in [0.1, 0.15) is 97.7 Å². The normalized spacial score (nSPS) is 21.0. The molecule has 1 aliphatic carbocycles. The number of nitrogens with one attached hydrogen (secondary N) is 1. The van der Waals surface area contributed by atoms with Crippen molar-refractivity contribution in [3.8, 4) is 0 Å². The van der Waals surface area contributed by atoms with E-state index in [1.54, 1.807) is 17.2 Å². The van der Waals surface area contributed by atoms with Gasteiger partial charge in [-0.1, -0.05) is 38.3 Å². The standard InChI is InChI=1S/C20H32N2O4.C15H19N3O3/c1-14(2)19(20(23)24-3)17-13-18(21-26-17)22-11-9-16(10-12-22)25-15-7-5-4-6-8-15;1-15(2,3)21-14(20)18-9-11-6-12(18)8-17(11)10-4-5-16-13(19)7-10/h13-16,19H,4-12H2,1-3H3;4-5,7-8,11H,6,9H2,1-3H3,(H,16,19). The summed E-state index contributed by atoms with van der Waals surface area (Å²) in [7, 11) is 1.41. The molecule has 1 N–H and O–H groups in total. The highest BCUT2D eigenvalue weighted by Crippen LogP contribution is 2.37. The largest absolute Gasteiger partial charge is 0.468 e. The van der Waals surface area contributed by atoms with Gasteiger partial charge >= 0.3 is 12.1 Å². The quantitative estimate of drug-likeness (QED) is 0.358. The maximum atomic E-state index is 12.1. The first kappa shape index (κ1) is 34.5. The Morgan fingerprint density at radius 1 is 1.04 bits per heavy atom. The fourth-order valence-electron chi connectivity index (χ4n) is 6.82. The van der Waals surface area contributed by atoms with E-state index in [-0.39, 0.29) is 29.6 Å².